The molecule has 3 aromatic rings. The van der Waals surface area contributed by atoms with Gasteiger partial charge in [0.05, 0.1) is 30.3 Å². The Morgan fingerprint density at radius 1 is 1.19 bits per heavy atom. The molecule has 26 heavy (non-hydrogen) atoms. The van der Waals surface area contributed by atoms with E-state index < -0.39 is 0 Å². The maximum atomic E-state index is 9.68. The van der Waals surface area contributed by atoms with Gasteiger partial charge in [-0.15, -0.1) is 0 Å². The van der Waals surface area contributed by atoms with Crippen molar-refractivity contribution < 1.29 is 9.84 Å². The van der Waals surface area contributed by atoms with Crippen LogP contribution in [0.25, 0.3) is 17.1 Å². The van der Waals surface area contributed by atoms with Crippen molar-refractivity contribution in [2.24, 2.45) is 0 Å². The first-order valence-corrected chi connectivity index (χ1v) is 9.05. The van der Waals surface area contributed by atoms with E-state index in [0.717, 1.165) is 47.0 Å². The first-order valence-electron chi connectivity index (χ1n) is 9.05. The summed E-state index contributed by atoms with van der Waals surface area (Å²) in [6.45, 7) is 9.58. The van der Waals surface area contributed by atoms with Gasteiger partial charge in [-0.05, 0) is 45.4 Å². The van der Waals surface area contributed by atoms with Crippen LogP contribution in [0.3, 0.4) is 0 Å². The third-order valence-electron chi connectivity index (χ3n) is 4.45. The molecule has 0 fully saturated rings. The zero-order chi connectivity index (χ0) is 18.7. The summed E-state index contributed by atoms with van der Waals surface area (Å²) >= 11 is 0. The number of aliphatic hydroxyl groups excluding tert-OH is 1. The Morgan fingerprint density at radius 2 is 2.00 bits per heavy atom. The minimum absolute atomic E-state index is 0.0730. The molecule has 3 rings (SSSR count). The fourth-order valence-electron chi connectivity index (χ4n) is 3.30. The van der Waals surface area contributed by atoms with Crippen molar-refractivity contribution in [2.75, 3.05) is 6.61 Å². The number of aliphatic hydroxyl groups is 1. The van der Waals surface area contributed by atoms with Crippen molar-refractivity contribution >= 4 is 0 Å². The highest BCUT2D eigenvalue weighted by Gasteiger charge is 2.17. The van der Waals surface area contributed by atoms with Gasteiger partial charge in [-0.2, -0.15) is 5.10 Å². The van der Waals surface area contributed by atoms with Crippen LogP contribution in [-0.2, 0) is 13.2 Å². The first-order chi connectivity index (χ1) is 12.6. The summed E-state index contributed by atoms with van der Waals surface area (Å²) in [7, 11) is 0. The van der Waals surface area contributed by atoms with Crippen LogP contribution in [0.5, 0.6) is 5.75 Å². The molecule has 0 aliphatic heterocycles. The smallest absolute Gasteiger partial charge is 0.144 e. The van der Waals surface area contributed by atoms with Gasteiger partial charge in [-0.25, -0.2) is 4.98 Å². The molecule has 0 spiro atoms. The number of rotatable bonds is 7. The van der Waals surface area contributed by atoms with Gasteiger partial charge in [0.25, 0.3) is 0 Å². The second-order valence-corrected chi connectivity index (χ2v) is 6.28. The highest BCUT2D eigenvalue weighted by molar-refractivity contribution is 5.62. The minimum atomic E-state index is -0.0730. The van der Waals surface area contributed by atoms with Crippen LogP contribution < -0.4 is 4.74 Å². The monoisotopic (exact) mass is 354 g/mol. The number of aromatic nitrogens is 4. The Balaban J connectivity index is 2.08. The summed E-state index contributed by atoms with van der Waals surface area (Å²) in [5.41, 5.74) is 4.85. The number of ether oxygens (including phenoxy) is 1. The van der Waals surface area contributed by atoms with Gasteiger partial charge >= 0.3 is 0 Å². The van der Waals surface area contributed by atoms with E-state index in [2.05, 4.69) is 28.5 Å². The van der Waals surface area contributed by atoms with Gasteiger partial charge in [0.2, 0.25) is 0 Å². The minimum Gasteiger partial charge on any atom is -0.494 e. The van der Waals surface area contributed by atoms with Crippen molar-refractivity contribution in [3.05, 3.63) is 47.5 Å². The first kappa shape index (κ1) is 18.2. The molecule has 1 N–H and O–H groups in total. The lowest BCUT2D eigenvalue weighted by molar-refractivity contribution is 0.267. The van der Waals surface area contributed by atoms with Gasteiger partial charge in [-0.3, -0.25) is 9.25 Å². The molecule has 0 unspecified atom stereocenters. The van der Waals surface area contributed by atoms with E-state index in [1.807, 2.05) is 42.9 Å². The summed E-state index contributed by atoms with van der Waals surface area (Å²) in [6.07, 6.45) is 4.79. The molecule has 0 aliphatic carbocycles. The number of benzene rings is 1. The molecule has 1 aromatic carbocycles. The Bertz CT molecular complexity index is 895. The zero-order valence-corrected chi connectivity index (χ0v) is 15.9. The Labute approximate surface area is 154 Å². The molecule has 2 aromatic heterocycles. The van der Waals surface area contributed by atoms with Crippen molar-refractivity contribution in [3.63, 3.8) is 0 Å². The SMILES string of the molecule is CCCn1nc(C)c(-n2ccnc2-c2ccc(OCC)c(CO)c2)c1C. The molecule has 0 bridgehead atoms. The third-order valence-corrected chi connectivity index (χ3v) is 4.45. The molecule has 138 valence electrons. The Morgan fingerprint density at radius 3 is 2.69 bits per heavy atom. The number of aryl methyl sites for hydroxylation is 2. The van der Waals surface area contributed by atoms with Gasteiger partial charge in [0.1, 0.15) is 11.6 Å². The van der Waals surface area contributed by atoms with Gasteiger partial charge < -0.3 is 9.84 Å². The fraction of sp³-hybridized carbons (Fsp3) is 0.400. The lowest BCUT2D eigenvalue weighted by Gasteiger charge is -2.12. The van der Waals surface area contributed by atoms with E-state index in [0.29, 0.717) is 12.4 Å². The lowest BCUT2D eigenvalue weighted by Crippen LogP contribution is -2.03. The molecule has 0 atom stereocenters. The average Bonchev–Trinajstić information content (AvgIpc) is 3.20. The number of nitrogens with zero attached hydrogens (tertiary/aromatic N) is 4. The van der Waals surface area contributed by atoms with E-state index >= 15 is 0 Å². The third kappa shape index (κ3) is 3.24. The maximum absolute atomic E-state index is 9.68. The number of hydrogen-bond donors (Lipinski definition) is 1. The Kier molecular flexibility index (Phi) is 5.42. The summed E-state index contributed by atoms with van der Waals surface area (Å²) in [4.78, 5) is 4.55. The molecule has 0 amide bonds. The van der Waals surface area contributed by atoms with Crippen molar-refractivity contribution in [1.82, 2.24) is 19.3 Å². The van der Waals surface area contributed by atoms with Crippen molar-refractivity contribution in [1.29, 1.82) is 0 Å². The second kappa shape index (κ2) is 7.74. The quantitative estimate of drug-likeness (QED) is 0.703. The lowest BCUT2D eigenvalue weighted by atomic mass is 10.1. The predicted octanol–water partition coefficient (Wildman–Crippen LogP) is 3.65. The van der Waals surface area contributed by atoms with Crippen LogP contribution in [-0.4, -0.2) is 31.0 Å². The number of imidazole rings is 1. The fourth-order valence-corrected chi connectivity index (χ4v) is 3.30. The second-order valence-electron chi connectivity index (χ2n) is 6.28. The largest absolute Gasteiger partial charge is 0.494 e. The molecule has 0 aliphatic rings. The van der Waals surface area contributed by atoms with E-state index in [1.54, 1.807) is 6.20 Å². The number of hydrogen-bond acceptors (Lipinski definition) is 4. The summed E-state index contributed by atoms with van der Waals surface area (Å²) < 4.78 is 9.70. The molecule has 0 saturated heterocycles. The maximum Gasteiger partial charge on any atom is 0.144 e. The van der Waals surface area contributed by atoms with Crippen LogP contribution in [0.2, 0.25) is 0 Å². The van der Waals surface area contributed by atoms with E-state index in [-0.39, 0.29) is 6.61 Å². The molecular weight excluding hydrogens is 328 g/mol. The molecule has 0 saturated carbocycles. The van der Waals surface area contributed by atoms with E-state index in [1.165, 1.54) is 0 Å². The normalized spacial score (nSPS) is 11.1. The van der Waals surface area contributed by atoms with Crippen LogP contribution in [0.4, 0.5) is 0 Å². The van der Waals surface area contributed by atoms with Gasteiger partial charge in [-0.1, -0.05) is 6.92 Å². The zero-order valence-electron chi connectivity index (χ0n) is 15.9. The molecule has 6 heteroatoms. The predicted molar refractivity (Wildman–Crippen MR) is 102 cm³/mol. The van der Waals surface area contributed by atoms with Gasteiger partial charge in [0, 0.05) is 30.1 Å². The Hall–Kier alpha value is -2.60. The van der Waals surface area contributed by atoms with Crippen molar-refractivity contribution in [2.45, 2.75) is 47.3 Å². The van der Waals surface area contributed by atoms with E-state index in [9.17, 15) is 5.11 Å². The van der Waals surface area contributed by atoms with Crippen LogP contribution in [0.1, 0.15) is 37.2 Å². The standard InChI is InChI=1S/C20H26N4O2/c1-5-10-24-15(4)19(14(3)22-24)23-11-9-21-20(23)16-7-8-18(26-6-2)17(12-16)13-25/h7-9,11-12,25H,5-6,10,13H2,1-4H3. The highest BCUT2D eigenvalue weighted by Crippen LogP contribution is 2.29. The highest BCUT2D eigenvalue weighted by atomic mass is 16.5. The molecule has 0 radical (unpaired) electrons. The summed E-state index contributed by atoms with van der Waals surface area (Å²) in [5, 5.41) is 14.4. The van der Waals surface area contributed by atoms with Crippen LogP contribution in [0.15, 0.2) is 30.6 Å². The van der Waals surface area contributed by atoms with Crippen LogP contribution >= 0.6 is 0 Å². The molecular formula is C20H26N4O2. The average molecular weight is 354 g/mol. The van der Waals surface area contributed by atoms with E-state index in [4.69, 9.17) is 4.74 Å². The van der Waals surface area contributed by atoms with Crippen molar-refractivity contribution in [3.8, 4) is 22.8 Å². The topological polar surface area (TPSA) is 65.1 Å². The van der Waals surface area contributed by atoms with Gasteiger partial charge in [0.15, 0.2) is 0 Å². The summed E-state index contributed by atoms with van der Waals surface area (Å²) in [6, 6.07) is 5.80. The molecule has 6 nitrogen and oxygen atoms in total. The summed E-state index contributed by atoms with van der Waals surface area (Å²) in [5.74, 6) is 1.53. The van der Waals surface area contributed by atoms with Crippen LogP contribution in [0, 0.1) is 13.8 Å². The molecule has 2 heterocycles.